The molecule has 158 valence electrons. The molecule has 4 aliphatic carbocycles. The first-order chi connectivity index (χ1) is 13.8. The molecule has 29 heavy (non-hydrogen) atoms. The molecule has 9 nitrogen and oxygen atoms in total. The van der Waals surface area contributed by atoms with Crippen molar-refractivity contribution in [2.24, 2.45) is 23.2 Å². The smallest absolute Gasteiger partial charge is 0.414 e. The van der Waals surface area contributed by atoms with Crippen molar-refractivity contribution in [2.45, 2.75) is 51.5 Å². The Balaban J connectivity index is 0.000000302. The number of H-pyrrole nitrogens is 1. The molecule has 4 saturated carbocycles. The predicted octanol–water partition coefficient (Wildman–Crippen LogP) is 2.28. The number of aliphatic carboxylic acids is 2. The van der Waals surface area contributed by atoms with Crippen molar-refractivity contribution >= 4 is 18.0 Å². The molecule has 1 amide bonds. The van der Waals surface area contributed by atoms with Gasteiger partial charge in [-0.25, -0.2) is 19.4 Å². The van der Waals surface area contributed by atoms with Gasteiger partial charge in [0.1, 0.15) is 0 Å². The van der Waals surface area contributed by atoms with E-state index in [-0.39, 0.29) is 6.09 Å². The molecule has 0 aromatic carbocycles. The van der Waals surface area contributed by atoms with Crippen LogP contribution in [0.3, 0.4) is 0 Å². The van der Waals surface area contributed by atoms with E-state index < -0.39 is 11.9 Å². The van der Waals surface area contributed by atoms with E-state index in [2.05, 4.69) is 9.97 Å². The summed E-state index contributed by atoms with van der Waals surface area (Å²) in [4.78, 5) is 39.9. The molecule has 3 N–H and O–H groups in total. The fourth-order valence-corrected chi connectivity index (χ4v) is 6.14. The Morgan fingerprint density at radius 2 is 1.69 bits per heavy atom. The number of amides is 1. The van der Waals surface area contributed by atoms with Crippen LogP contribution in [-0.4, -0.2) is 56.3 Å². The summed E-state index contributed by atoms with van der Waals surface area (Å²) in [5, 5.41) is 14.8. The van der Waals surface area contributed by atoms with Crippen LogP contribution >= 0.6 is 0 Å². The number of carboxylic acid groups (broad SMARTS) is 2. The topological polar surface area (TPSA) is 133 Å². The Labute approximate surface area is 168 Å². The van der Waals surface area contributed by atoms with Crippen LogP contribution in [0.25, 0.3) is 0 Å². The molecule has 4 bridgehead atoms. The van der Waals surface area contributed by atoms with Gasteiger partial charge in [-0.15, -0.1) is 0 Å². The summed E-state index contributed by atoms with van der Waals surface area (Å²) in [5.41, 5.74) is 2.46. The number of hydrogen-bond donors (Lipinski definition) is 3. The second-order valence-corrected chi connectivity index (χ2v) is 9.08. The summed E-state index contributed by atoms with van der Waals surface area (Å²) in [6.45, 7) is 1.97. The van der Waals surface area contributed by atoms with Crippen molar-refractivity contribution in [1.82, 2.24) is 14.9 Å². The van der Waals surface area contributed by atoms with Crippen molar-refractivity contribution in [3.05, 3.63) is 17.7 Å². The zero-order valence-electron chi connectivity index (χ0n) is 16.3. The molecule has 1 aromatic rings. The van der Waals surface area contributed by atoms with Gasteiger partial charge in [-0.05, 0) is 56.3 Å². The Kier molecular flexibility index (Phi) is 5.23. The average molecular weight is 405 g/mol. The Morgan fingerprint density at radius 3 is 2.24 bits per heavy atom. The molecule has 1 aromatic heterocycles. The van der Waals surface area contributed by atoms with E-state index in [0.717, 1.165) is 42.1 Å². The highest BCUT2D eigenvalue weighted by Crippen LogP contribution is 2.60. The number of rotatable bonds is 2. The van der Waals surface area contributed by atoms with E-state index >= 15 is 0 Å². The summed E-state index contributed by atoms with van der Waals surface area (Å²) in [6, 6.07) is 0. The van der Waals surface area contributed by atoms with Gasteiger partial charge >= 0.3 is 18.0 Å². The lowest BCUT2D eigenvalue weighted by Gasteiger charge is -2.56. The number of ether oxygens (including phenoxy) is 1. The average Bonchev–Trinajstić information content (AvgIpc) is 3.13. The van der Waals surface area contributed by atoms with Gasteiger partial charge in [0.25, 0.3) is 0 Å². The maximum Gasteiger partial charge on any atom is 0.414 e. The summed E-state index contributed by atoms with van der Waals surface area (Å²) < 4.78 is 5.81. The fraction of sp³-hybridized carbons (Fsp3) is 0.700. The van der Waals surface area contributed by atoms with Crippen LogP contribution in [0.15, 0.2) is 6.33 Å². The first kappa shape index (κ1) is 19.7. The van der Waals surface area contributed by atoms with E-state index in [1.54, 1.807) is 6.33 Å². The summed E-state index contributed by atoms with van der Waals surface area (Å²) in [5.74, 6) is -0.933. The van der Waals surface area contributed by atoms with Crippen molar-refractivity contribution in [1.29, 1.82) is 0 Å². The Bertz CT molecular complexity index is 757. The van der Waals surface area contributed by atoms with Gasteiger partial charge in [0.05, 0.1) is 30.9 Å². The third-order valence-electron chi connectivity index (χ3n) is 6.88. The maximum absolute atomic E-state index is 12.5. The van der Waals surface area contributed by atoms with E-state index in [9.17, 15) is 4.79 Å². The van der Waals surface area contributed by atoms with Crippen molar-refractivity contribution in [3.63, 3.8) is 0 Å². The van der Waals surface area contributed by atoms with Crippen molar-refractivity contribution in [2.75, 3.05) is 13.2 Å². The monoisotopic (exact) mass is 405 g/mol. The SMILES string of the molecule is O=C(O)C(=O)O.O=C(OCC12CC3CC(CC(C3)C1)C2)N1CCc2nc[nH]c2C1. The number of hydrogen-bond acceptors (Lipinski definition) is 5. The van der Waals surface area contributed by atoms with Gasteiger partial charge in [0.2, 0.25) is 0 Å². The zero-order chi connectivity index (χ0) is 20.6. The second-order valence-electron chi connectivity index (χ2n) is 9.08. The van der Waals surface area contributed by atoms with Gasteiger partial charge in [0, 0.05) is 18.4 Å². The largest absolute Gasteiger partial charge is 0.473 e. The van der Waals surface area contributed by atoms with Crippen molar-refractivity contribution in [3.8, 4) is 0 Å². The minimum absolute atomic E-state index is 0.138. The Hall–Kier alpha value is -2.58. The van der Waals surface area contributed by atoms with E-state index in [1.807, 2.05) is 4.90 Å². The fourth-order valence-electron chi connectivity index (χ4n) is 6.14. The van der Waals surface area contributed by atoms with Crippen LogP contribution in [0.5, 0.6) is 0 Å². The lowest BCUT2D eigenvalue weighted by Crippen LogP contribution is -2.49. The van der Waals surface area contributed by atoms with Gasteiger partial charge in [-0.2, -0.15) is 0 Å². The molecule has 0 radical (unpaired) electrons. The molecule has 4 fully saturated rings. The van der Waals surface area contributed by atoms with Crippen LogP contribution in [-0.2, 0) is 27.3 Å². The highest BCUT2D eigenvalue weighted by molar-refractivity contribution is 6.27. The normalized spacial score (nSPS) is 31.4. The lowest BCUT2D eigenvalue weighted by molar-refractivity contribution is -0.159. The summed E-state index contributed by atoms with van der Waals surface area (Å²) in [6.07, 6.45) is 10.6. The number of carboxylic acids is 2. The molecule has 0 spiro atoms. The Morgan fingerprint density at radius 1 is 1.10 bits per heavy atom. The number of aromatic nitrogens is 2. The number of aromatic amines is 1. The van der Waals surface area contributed by atoms with Gasteiger partial charge in [-0.1, -0.05) is 0 Å². The highest BCUT2D eigenvalue weighted by Gasteiger charge is 2.51. The lowest BCUT2D eigenvalue weighted by atomic mass is 9.50. The van der Waals surface area contributed by atoms with Gasteiger partial charge < -0.3 is 24.8 Å². The standard InChI is InChI=1S/C18H25N3O2.C2H2O4/c22-17(21-2-1-15-16(9-21)20-11-19-15)23-10-18-6-12-3-13(7-18)5-14(4-12)8-18;3-1(4)2(5)6/h11-14H,1-10H2,(H,19,20);(H,3,4)(H,5,6). The quantitative estimate of drug-likeness (QED) is 0.643. The number of carbonyl (C=O) groups is 3. The third-order valence-corrected chi connectivity index (χ3v) is 6.88. The van der Waals surface area contributed by atoms with Crippen LogP contribution < -0.4 is 0 Å². The van der Waals surface area contributed by atoms with E-state index in [1.165, 1.54) is 38.5 Å². The number of carbonyl (C=O) groups excluding carboxylic acids is 1. The van der Waals surface area contributed by atoms with Gasteiger partial charge in [-0.3, -0.25) is 0 Å². The van der Waals surface area contributed by atoms with Crippen molar-refractivity contribution < 1.29 is 29.3 Å². The number of nitrogens with one attached hydrogen (secondary N) is 1. The minimum atomic E-state index is -1.82. The molecule has 0 atom stereocenters. The molecule has 1 aliphatic heterocycles. The first-order valence-corrected chi connectivity index (χ1v) is 10.2. The highest BCUT2D eigenvalue weighted by atomic mass is 16.6. The van der Waals surface area contributed by atoms with Gasteiger partial charge in [0.15, 0.2) is 0 Å². The molecule has 5 aliphatic rings. The molecule has 2 heterocycles. The second kappa shape index (κ2) is 7.68. The number of nitrogens with zero attached hydrogens (tertiary/aromatic N) is 2. The predicted molar refractivity (Wildman–Crippen MR) is 99.9 cm³/mol. The number of fused-ring (bicyclic) bond motifs is 1. The van der Waals surface area contributed by atoms with Crippen LogP contribution in [0, 0.1) is 23.2 Å². The molecule has 6 rings (SSSR count). The summed E-state index contributed by atoms with van der Waals surface area (Å²) >= 11 is 0. The van der Waals surface area contributed by atoms with E-state index in [0.29, 0.717) is 18.6 Å². The molecule has 9 heteroatoms. The number of imidazole rings is 1. The van der Waals surface area contributed by atoms with Crippen LogP contribution in [0.4, 0.5) is 4.79 Å². The minimum Gasteiger partial charge on any atom is -0.473 e. The molecule has 0 unspecified atom stereocenters. The maximum atomic E-state index is 12.5. The molecule has 0 saturated heterocycles. The van der Waals surface area contributed by atoms with Crippen LogP contribution in [0.1, 0.15) is 49.9 Å². The van der Waals surface area contributed by atoms with E-state index in [4.69, 9.17) is 24.5 Å². The zero-order valence-corrected chi connectivity index (χ0v) is 16.3. The first-order valence-electron chi connectivity index (χ1n) is 10.2. The third kappa shape index (κ3) is 4.23. The molecular weight excluding hydrogens is 378 g/mol. The molecular formula is C20H27N3O6. The summed E-state index contributed by atoms with van der Waals surface area (Å²) in [7, 11) is 0. The van der Waals surface area contributed by atoms with Crippen LogP contribution in [0.2, 0.25) is 0 Å².